The van der Waals surface area contributed by atoms with Gasteiger partial charge >= 0.3 is 0 Å². The number of fused-ring (bicyclic) bond motifs is 1. The van der Waals surface area contributed by atoms with E-state index in [2.05, 4.69) is 9.98 Å². The Hall–Kier alpha value is -2.20. The summed E-state index contributed by atoms with van der Waals surface area (Å²) < 4.78 is 0. The van der Waals surface area contributed by atoms with E-state index in [1.165, 1.54) is 12.1 Å². The Morgan fingerprint density at radius 2 is 2.05 bits per heavy atom. The van der Waals surface area contributed by atoms with Crippen molar-refractivity contribution in [2.75, 3.05) is 0 Å². The molecule has 0 bridgehead atoms. The minimum atomic E-state index is -0.421. The molecule has 5 heteroatoms. The summed E-state index contributed by atoms with van der Waals surface area (Å²) in [7, 11) is 0. The van der Waals surface area contributed by atoms with E-state index in [0.717, 1.165) is 0 Å². The number of hydrogen-bond acceptors (Lipinski definition) is 3. The minimum Gasteiger partial charge on any atom is -0.507 e. The summed E-state index contributed by atoms with van der Waals surface area (Å²) in [5.74, 6) is -0.527. The Balaban J connectivity index is 2.09. The number of amidine groups is 1. The third-order valence-corrected chi connectivity index (χ3v) is 3.15. The van der Waals surface area contributed by atoms with E-state index in [-0.39, 0.29) is 17.5 Å². The summed E-state index contributed by atoms with van der Waals surface area (Å²) in [5.41, 5.74) is 0.978. The first kappa shape index (κ1) is 11.9. The van der Waals surface area contributed by atoms with Crippen LogP contribution in [0.4, 0.5) is 0 Å². The van der Waals surface area contributed by atoms with Crippen molar-refractivity contribution in [3.8, 4) is 5.75 Å². The lowest BCUT2D eigenvalue weighted by Crippen LogP contribution is -2.27. The van der Waals surface area contributed by atoms with E-state index in [1.54, 1.807) is 24.3 Å². The van der Waals surface area contributed by atoms with Gasteiger partial charge in [0, 0.05) is 5.02 Å². The molecule has 94 valence electrons. The van der Waals surface area contributed by atoms with Gasteiger partial charge < -0.3 is 5.11 Å². The number of nitrogens with zero attached hydrogens (tertiary/aromatic N) is 2. The average molecular weight is 273 g/mol. The lowest BCUT2D eigenvalue weighted by atomic mass is 9.96. The van der Waals surface area contributed by atoms with Crippen molar-refractivity contribution >= 4 is 29.1 Å². The SMILES string of the molecule is O=C1N=C(c2cc(Cl)ccc2O)N=C2C=CC=CC12. The van der Waals surface area contributed by atoms with Gasteiger partial charge in [-0.25, -0.2) is 4.99 Å². The maximum atomic E-state index is 11.9. The number of carbonyl (C=O) groups excluding carboxylic acids is 1. The van der Waals surface area contributed by atoms with E-state index in [9.17, 15) is 9.90 Å². The lowest BCUT2D eigenvalue weighted by Gasteiger charge is -2.18. The summed E-state index contributed by atoms with van der Waals surface area (Å²) in [4.78, 5) is 20.2. The zero-order valence-electron chi connectivity index (χ0n) is 9.75. The van der Waals surface area contributed by atoms with Crippen molar-refractivity contribution < 1.29 is 9.90 Å². The molecule has 1 amide bonds. The number of amides is 1. The number of phenolic OH excluding ortho intramolecular Hbond substituents is 1. The predicted molar refractivity (Wildman–Crippen MR) is 73.9 cm³/mol. The van der Waals surface area contributed by atoms with Crippen molar-refractivity contribution in [2.24, 2.45) is 15.9 Å². The van der Waals surface area contributed by atoms with Crippen LogP contribution in [0.2, 0.25) is 5.02 Å². The third-order valence-electron chi connectivity index (χ3n) is 2.92. The number of carbonyl (C=O) groups is 1. The van der Waals surface area contributed by atoms with Crippen LogP contribution in [0.5, 0.6) is 5.75 Å². The molecule has 0 aromatic heterocycles. The van der Waals surface area contributed by atoms with Crippen LogP contribution < -0.4 is 0 Å². The summed E-state index contributed by atoms with van der Waals surface area (Å²) >= 11 is 5.89. The van der Waals surface area contributed by atoms with Crippen LogP contribution in [0, 0.1) is 5.92 Å². The summed E-state index contributed by atoms with van der Waals surface area (Å²) in [5, 5.41) is 10.3. The maximum Gasteiger partial charge on any atom is 0.260 e. The highest BCUT2D eigenvalue weighted by molar-refractivity contribution is 6.31. The molecule has 4 nitrogen and oxygen atoms in total. The molecule has 1 aliphatic heterocycles. The highest BCUT2D eigenvalue weighted by Gasteiger charge is 2.27. The number of halogens is 1. The predicted octanol–water partition coefficient (Wildman–Crippen LogP) is 2.52. The molecular formula is C14H9ClN2O2. The Bertz CT molecular complexity index is 687. The van der Waals surface area contributed by atoms with Crippen molar-refractivity contribution in [1.82, 2.24) is 0 Å². The second kappa shape index (κ2) is 4.48. The van der Waals surface area contributed by atoms with Gasteiger partial charge in [-0.2, -0.15) is 4.99 Å². The van der Waals surface area contributed by atoms with E-state index >= 15 is 0 Å². The molecule has 0 saturated heterocycles. The van der Waals surface area contributed by atoms with Crippen LogP contribution in [0.3, 0.4) is 0 Å². The summed E-state index contributed by atoms with van der Waals surface area (Å²) in [6.07, 6.45) is 7.11. The second-order valence-corrected chi connectivity index (χ2v) is 4.63. The molecule has 1 heterocycles. The fourth-order valence-electron chi connectivity index (χ4n) is 1.98. The van der Waals surface area contributed by atoms with Crippen molar-refractivity contribution in [3.05, 3.63) is 53.1 Å². The topological polar surface area (TPSA) is 62.0 Å². The Labute approximate surface area is 114 Å². The van der Waals surface area contributed by atoms with E-state index < -0.39 is 5.92 Å². The van der Waals surface area contributed by atoms with Crippen molar-refractivity contribution in [2.45, 2.75) is 0 Å². The van der Waals surface area contributed by atoms with Gasteiger partial charge in [-0.3, -0.25) is 4.79 Å². The highest BCUT2D eigenvalue weighted by atomic mass is 35.5. The van der Waals surface area contributed by atoms with Crippen LogP contribution >= 0.6 is 11.6 Å². The molecule has 1 unspecified atom stereocenters. The monoisotopic (exact) mass is 272 g/mol. The molecule has 2 aliphatic rings. The van der Waals surface area contributed by atoms with Gasteiger partial charge in [-0.1, -0.05) is 29.8 Å². The van der Waals surface area contributed by atoms with Crippen LogP contribution in [0.25, 0.3) is 0 Å². The minimum absolute atomic E-state index is 0.00548. The number of allylic oxidation sites excluding steroid dienone is 3. The second-order valence-electron chi connectivity index (χ2n) is 4.19. The first-order valence-electron chi connectivity index (χ1n) is 5.70. The third kappa shape index (κ3) is 2.11. The van der Waals surface area contributed by atoms with E-state index in [0.29, 0.717) is 16.3 Å². The molecule has 1 aromatic carbocycles. The molecule has 0 fully saturated rings. The van der Waals surface area contributed by atoms with Gasteiger partial charge in [0.15, 0.2) is 5.84 Å². The Morgan fingerprint density at radius 3 is 2.89 bits per heavy atom. The molecular weight excluding hydrogens is 264 g/mol. The number of phenols is 1. The molecule has 0 radical (unpaired) electrons. The van der Waals surface area contributed by atoms with Crippen LogP contribution in [0.15, 0.2) is 52.5 Å². The molecule has 19 heavy (non-hydrogen) atoms. The zero-order valence-corrected chi connectivity index (χ0v) is 10.5. The van der Waals surface area contributed by atoms with Crippen LogP contribution in [-0.4, -0.2) is 22.6 Å². The first-order chi connectivity index (χ1) is 9.15. The Morgan fingerprint density at radius 1 is 1.21 bits per heavy atom. The van der Waals surface area contributed by atoms with E-state index in [1.807, 2.05) is 6.08 Å². The van der Waals surface area contributed by atoms with Gasteiger partial charge in [0.25, 0.3) is 5.91 Å². The van der Waals surface area contributed by atoms with Gasteiger partial charge in [-0.05, 0) is 24.3 Å². The molecule has 0 saturated carbocycles. The number of benzene rings is 1. The maximum absolute atomic E-state index is 11.9. The van der Waals surface area contributed by atoms with Crippen molar-refractivity contribution in [3.63, 3.8) is 0 Å². The molecule has 0 spiro atoms. The molecule has 1 atom stereocenters. The fourth-order valence-corrected chi connectivity index (χ4v) is 2.15. The van der Waals surface area contributed by atoms with Gasteiger partial charge in [0.1, 0.15) is 11.7 Å². The molecule has 1 aliphatic carbocycles. The zero-order chi connectivity index (χ0) is 13.4. The average Bonchev–Trinajstić information content (AvgIpc) is 2.41. The number of hydrogen-bond donors (Lipinski definition) is 1. The highest BCUT2D eigenvalue weighted by Crippen LogP contribution is 2.26. The summed E-state index contributed by atoms with van der Waals surface area (Å²) in [6, 6.07) is 4.55. The normalized spacial score (nSPS) is 20.9. The molecule has 1 aromatic rings. The Kier molecular flexibility index (Phi) is 2.80. The van der Waals surface area contributed by atoms with E-state index in [4.69, 9.17) is 11.6 Å². The summed E-state index contributed by atoms with van der Waals surface area (Å²) in [6.45, 7) is 0. The number of rotatable bonds is 1. The largest absolute Gasteiger partial charge is 0.507 e. The van der Waals surface area contributed by atoms with Crippen LogP contribution in [0.1, 0.15) is 5.56 Å². The number of aromatic hydroxyl groups is 1. The van der Waals surface area contributed by atoms with Gasteiger partial charge in [0.2, 0.25) is 0 Å². The molecule has 1 N–H and O–H groups in total. The lowest BCUT2D eigenvalue weighted by molar-refractivity contribution is -0.118. The smallest absolute Gasteiger partial charge is 0.260 e. The first-order valence-corrected chi connectivity index (χ1v) is 6.08. The number of aliphatic imine (C=N–C) groups is 2. The fraction of sp³-hybridized carbons (Fsp3) is 0.0714. The molecule has 3 rings (SSSR count). The van der Waals surface area contributed by atoms with Crippen molar-refractivity contribution in [1.29, 1.82) is 0 Å². The quantitative estimate of drug-likeness (QED) is 0.854. The van der Waals surface area contributed by atoms with Gasteiger partial charge in [0.05, 0.1) is 11.3 Å². The van der Waals surface area contributed by atoms with Crippen LogP contribution in [-0.2, 0) is 4.79 Å². The standard InChI is InChI=1S/C14H9ClN2O2/c15-8-5-6-12(18)10(7-8)13-16-11-4-2-1-3-9(11)14(19)17-13/h1-7,9,18H. The van der Waals surface area contributed by atoms with Gasteiger partial charge in [-0.15, -0.1) is 0 Å².